The summed E-state index contributed by atoms with van der Waals surface area (Å²) in [5, 5.41) is 0. The Morgan fingerprint density at radius 1 is 1.30 bits per heavy atom. The van der Waals surface area contributed by atoms with Gasteiger partial charge in [0.2, 0.25) is 10.0 Å². The first-order chi connectivity index (χ1) is 9.04. The fourth-order valence-corrected chi connectivity index (χ4v) is 2.69. The molecule has 0 saturated carbocycles. The van der Waals surface area contributed by atoms with Gasteiger partial charge >= 0.3 is 0 Å². The number of nitrogens with one attached hydrogen (secondary N) is 1. The molecule has 1 aromatic rings. The maximum absolute atomic E-state index is 12.2. The van der Waals surface area contributed by atoms with Crippen molar-refractivity contribution in [3.05, 3.63) is 29.8 Å². The standard InChI is InChI=1S/C14H22N2O2S2/c1-10(14(2,3)4)9-16-20(17,18)12-7-5-11(6-8-12)13(15)19/h5-8,10,16H,9H2,1-4H3,(H2,15,19). The predicted octanol–water partition coefficient (Wildman–Crippen LogP) is 2.28. The van der Waals surface area contributed by atoms with Gasteiger partial charge in [0.15, 0.2) is 0 Å². The van der Waals surface area contributed by atoms with Gasteiger partial charge in [-0.05, 0) is 23.5 Å². The molecule has 1 aromatic carbocycles. The molecule has 0 aliphatic heterocycles. The molecule has 1 atom stereocenters. The van der Waals surface area contributed by atoms with Crippen molar-refractivity contribution < 1.29 is 8.42 Å². The molecule has 1 rings (SSSR count). The zero-order valence-corrected chi connectivity index (χ0v) is 13.9. The molecule has 0 spiro atoms. The van der Waals surface area contributed by atoms with Gasteiger partial charge < -0.3 is 5.73 Å². The Morgan fingerprint density at radius 2 is 1.80 bits per heavy atom. The van der Waals surface area contributed by atoms with E-state index in [1.165, 1.54) is 12.1 Å². The van der Waals surface area contributed by atoms with Gasteiger partial charge in [-0.2, -0.15) is 0 Å². The second kappa shape index (κ2) is 6.20. The van der Waals surface area contributed by atoms with Crippen LogP contribution in [-0.2, 0) is 10.0 Å². The molecule has 0 aliphatic rings. The van der Waals surface area contributed by atoms with Crippen molar-refractivity contribution in [3.8, 4) is 0 Å². The summed E-state index contributed by atoms with van der Waals surface area (Å²) >= 11 is 4.84. The van der Waals surface area contributed by atoms with E-state index in [2.05, 4.69) is 25.5 Å². The van der Waals surface area contributed by atoms with Crippen molar-refractivity contribution in [2.45, 2.75) is 32.6 Å². The molecule has 1 unspecified atom stereocenters. The molecule has 6 heteroatoms. The first-order valence-electron chi connectivity index (χ1n) is 6.43. The maximum Gasteiger partial charge on any atom is 0.240 e. The highest BCUT2D eigenvalue weighted by Crippen LogP contribution is 2.24. The average molecular weight is 314 g/mol. The molecule has 0 heterocycles. The van der Waals surface area contributed by atoms with Gasteiger partial charge in [0.25, 0.3) is 0 Å². The van der Waals surface area contributed by atoms with Gasteiger partial charge in [-0.15, -0.1) is 0 Å². The minimum absolute atomic E-state index is 0.0537. The van der Waals surface area contributed by atoms with Gasteiger partial charge in [0, 0.05) is 12.1 Å². The minimum atomic E-state index is -3.49. The third kappa shape index (κ3) is 4.54. The zero-order valence-electron chi connectivity index (χ0n) is 12.3. The van der Waals surface area contributed by atoms with Crippen molar-refractivity contribution in [1.29, 1.82) is 0 Å². The quantitative estimate of drug-likeness (QED) is 0.818. The number of benzene rings is 1. The smallest absolute Gasteiger partial charge is 0.240 e. The van der Waals surface area contributed by atoms with E-state index in [9.17, 15) is 8.42 Å². The molecule has 0 aromatic heterocycles. The summed E-state index contributed by atoms with van der Waals surface area (Å²) in [6.07, 6.45) is 0. The average Bonchev–Trinajstić information content (AvgIpc) is 2.35. The molecule has 3 N–H and O–H groups in total. The summed E-state index contributed by atoms with van der Waals surface area (Å²) < 4.78 is 27.0. The van der Waals surface area contributed by atoms with Crippen LogP contribution in [0.1, 0.15) is 33.3 Å². The molecule has 0 amide bonds. The summed E-state index contributed by atoms with van der Waals surface area (Å²) in [4.78, 5) is 0.474. The SMILES string of the molecule is CC(CNS(=O)(=O)c1ccc(C(N)=S)cc1)C(C)(C)C. The number of nitrogens with two attached hydrogens (primary N) is 1. The van der Waals surface area contributed by atoms with E-state index >= 15 is 0 Å². The first-order valence-corrected chi connectivity index (χ1v) is 8.32. The number of thiocarbonyl (C=S) groups is 1. The summed E-state index contributed by atoms with van der Waals surface area (Å²) in [6, 6.07) is 6.26. The fraction of sp³-hybridized carbons (Fsp3) is 0.500. The molecule has 0 aliphatic carbocycles. The molecule has 0 bridgehead atoms. The van der Waals surface area contributed by atoms with Crippen LogP contribution in [-0.4, -0.2) is 20.0 Å². The van der Waals surface area contributed by atoms with Gasteiger partial charge in [-0.3, -0.25) is 0 Å². The van der Waals surface area contributed by atoms with E-state index in [1.54, 1.807) is 12.1 Å². The van der Waals surface area contributed by atoms with Crippen LogP contribution < -0.4 is 10.5 Å². The van der Waals surface area contributed by atoms with Crippen molar-refractivity contribution in [2.75, 3.05) is 6.54 Å². The summed E-state index contributed by atoms with van der Waals surface area (Å²) in [7, 11) is -3.49. The van der Waals surface area contributed by atoms with Crippen LogP contribution in [0.3, 0.4) is 0 Å². The van der Waals surface area contributed by atoms with E-state index in [4.69, 9.17) is 18.0 Å². The zero-order chi connectivity index (χ0) is 15.6. The van der Waals surface area contributed by atoms with E-state index in [-0.39, 0.29) is 21.2 Å². The fourth-order valence-electron chi connectivity index (χ4n) is 1.42. The second-order valence-electron chi connectivity index (χ2n) is 6.01. The Labute approximate surface area is 126 Å². The van der Waals surface area contributed by atoms with E-state index in [0.717, 1.165) is 0 Å². The second-order valence-corrected chi connectivity index (χ2v) is 8.21. The number of hydrogen-bond donors (Lipinski definition) is 2. The lowest BCUT2D eigenvalue weighted by atomic mass is 9.82. The number of rotatable bonds is 5. The Hall–Kier alpha value is -0.980. The van der Waals surface area contributed by atoms with Gasteiger partial charge in [-0.25, -0.2) is 13.1 Å². The highest BCUT2D eigenvalue weighted by atomic mass is 32.2. The Morgan fingerprint density at radius 3 is 2.20 bits per heavy atom. The molecule has 0 saturated heterocycles. The third-order valence-electron chi connectivity index (χ3n) is 3.51. The molecule has 20 heavy (non-hydrogen) atoms. The van der Waals surface area contributed by atoms with Crippen molar-refractivity contribution in [3.63, 3.8) is 0 Å². The maximum atomic E-state index is 12.2. The van der Waals surface area contributed by atoms with Crippen LogP contribution in [0.4, 0.5) is 0 Å². The van der Waals surface area contributed by atoms with Crippen molar-refractivity contribution in [1.82, 2.24) is 4.72 Å². The van der Waals surface area contributed by atoms with Crippen LogP contribution in [0, 0.1) is 11.3 Å². The summed E-state index contributed by atoms with van der Waals surface area (Å²) in [5.74, 6) is 0.230. The topological polar surface area (TPSA) is 72.2 Å². The van der Waals surface area contributed by atoms with Gasteiger partial charge in [0.05, 0.1) is 4.90 Å². The summed E-state index contributed by atoms with van der Waals surface area (Å²) in [5.41, 5.74) is 6.19. The third-order valence-corrected chi connectivity index (χ3v) is 5.18. The van der Waals surface area contributed by atoms with Crippen molar-refractivity contribution in [2.24, 2.45) is 17.1 Å². The molecule has 0 fully saturated rings. The van der Waals surface area contributed by atoms with E-state index in [1.807, 2.05) is 6.92 Å². The van der Waals surface area contributed by atoms with Gasteiger partial charge in [0.1, 0.15) is 4.99 Å². The van der Waals surface area contributed by atoms with Crippen LogP contribution in [0.5, 0.6) is 0 Å². The molecule has 0 radical (unpaired) electrons. The summed E-state index contributed by atoms with van der Waals surface area (Å²) in [6.45, 7) is 8.69. The lowest BCUT2D eigenvalue weighted by Crippen LogP contribution is -2.33. The molecular formula is C14H22N2O2S2. The van der Waals surface area contributed by atoms with Gasteiger partial charge in [-0.1, -0.05) is 52.0 Å². The predicted molar refractivity (Wildman–Crippen MR) is 86.1 cm³/mol. The normalized spacial score (nSPS) is 14.0. The molecule has 112 valence electrons. The number of sulfonamides is 1. The minimum Gasteiger partial charge on any atom is -0.389 e. The Kier molecular flexibility index (Phi) is 5.29. The van der Waals surface area contributed by atoms with Crippen LogP contribution >= 0.6 is 12.2 Å². The largest absolute Gasteiger partial charge is 0.389 e. The Balaban J connectivity index is 2.82. The monoisotopic (exact) mass is 314 g/mol. The lowest BCUT2D eigenvalue weighted by molar-refractivity contribution is 0.263. The van der Waals surface area contributed by atoms with E-state index in [0.29, 0.717) is 12.1 Å². The van der Waals surface area contributed by atoms with Crippen molar-refractivity contribution >= 4 is 27.2 Å². The molecule has 4 nitrogen and oxygen atoms in total. The first kappa shape index (κ1) is 17.1. The highest BCUT2D eigenvalue weighted by molar-refractivity contribution is 7.89. The van der Waals surface area contributed by atoms with Crippen LogP contribution in [0.15, 0.2) is 29.2 Å². The van der Waals surface area contributed by atoms with Crippen LogP contribution in [0.25, 0.3) is 0 Å². The highest BCUT2D eigenvalue weighted by Gasteiger charge is 2.22. The number of hydrogen-bond acceptors (Lipinski definition) is 3. The Bertz CT molecular complexity index is 572. The lowest BCUT2D eigenvalue weighted by Gasteiger charge is -2.27. The van der Waals surface area contributed by atoms with Crippen LogP contribution in [0.2, 0.25) is 0 Å². The van der Waals surface area contributed by atoms with E-state index < -0.39 is 10.0 Å². The molecular weight excluding hydrogens is 292 g/mol.